The number of aromatic hydroxyl groups is 1. The van der Waals surface area contributed by atoms with Gasteiger partial charge in [-0.2, -0.15) is 0 Å². The van der Waals surface area contributed by atoms with Gasteiger partial charge in [0, 0.05) is 43.1 Å². The number of hydrogen-bond donors (Lipinski definition) is 2. The maximum absolute atomic E-state index is 13.4. The number of phenolic OH excluding ortho intramolecular Hbond substituents is 1. The highest BCUT2D eigenvalue weighted by atomic mass is 16.5. The average molecular weight is 474 g/mol. The summed E-state index contributed by atoms with van der Waals surface area (Å²) in [5.74, 6) is 0.317. The maximum Gasteiger partial charge on any atom is 0.335 e. The van der Waals surface area contributed by atoms with Gasteiger partial charge in [-0.3, -0.25) is 4.79 Å². The summed E-state index contributed by atoms with van der Waals surface area (Å²) in [4.78, 5) is 26.6. The number of carboxylic acid groups (broad SMARTS) is 1. The molecule has 1 fully saturated rings. The molecule has 0 spiro atoms. The molecule has 1 aliphatic carbocycles. The number of piperidine rings is 1. The van der Waals surface area contributed by atoms with Gasteiger partial charge in [-0.15, -0.1) is 0 Å². The van der Waals surface area contributed by atoms with Crippen LogP contribution >= 0.6 is 0 Å². The van der Waals surface area contributed by atoms with Gasteiger partial charge in [0.2, 0.25) is 5.91 Å². The van der Waals surface area contributed by atoms with Gasteiger partial charge >= 0.3 is 5.97 Å². The van der Waals surface area contributed by atoms with E-state index in [-0.39, 0.29) is 35.5 Å². The van der Waals surface area contributed by atoms with Crippen LogP contribution in [0.1, 0.15) is 58.4 Å². The molecule has 1 aromatic carbocycles. The summed E-state index contributed by atoms with van der Waals surface area (Å²) in [6.07, 6.45) is 6.83. The Bertz CT molecular complexity index is 912. The summed E-state index contributed by atoms with van der Waals surface area (Å²) in [7, 11) is 3.03. The summed E-state index contributed by atoms with van der Waals surface area (Å²) in [5.41, 5.74) is 0.775. The number of methoxy groups -OCH3 is 2. The molecule has 34 heavy (non-hydrogen) atoms. The van der Waals surface area contributed by atoms with E-state index in [1.165, 1.54) is 20.3 Å². The van der Waals surface area contributed by atoms with Crippen LogP contribution in [0.3, 0.4) is 0 Å². The molecule has 1 aromatic rings. The number of hydrogen-bond acceptors (Lipinski definition) is 5. The lowest BCUT2D eigenvalue weighted by Crippen LogP contribution is -2.43. The molecule has 0 radical (unpaired) electrons. The number of allylic oxidation sites excluding steroid dienone is 2. The Morgan fingerprint density at radius 3 is 2.26 bits per heavy atom. The van der Waals surface area contributed by atoms with Crippen molar-refractivity contribution in [3.8, 4) is 17.2 Å². The van der Waals surface area contributed by atoms with Crippen molar-refractivity contribution in [3.63, 3.8) is 0 Å². The number of amides is 1. The van der Waals surface area contributed by atoms with Crippen LogP contribution in [0.15, 0.2) is 35.9 Å². The molecule has 0 aromatic heterocycles. The Labute approximate surface area is 203 Å². The minimum atomic E-state index is -0.978. The molecule has 7 heteroatoms. The van der Waals surface area contributed by atoms with E-state index in [1.807, 2.05) is 24.8 Å². The first-order valence-corrected chi connectivity index (χ1v) is 12.1. The normalized spacial score (nSPS) is 22.7. The fourth-order valence-electron chi connectivity index (χ4n) is 4.99. The number of benzene rings is 1. The van der Waals surface area contributed by atoms with E-state index >= 15 is 0 Å². The topological polar surface area (TPSA) is 96.3 Å². The smallest absolute Gasteiger partial charge is 0.335 e. The van der Waals surface area contributed by atoms with Gasteiger partial charge in [0.1, 0.15) is 17.2 Å². The Morgan fingerprint density at radius 2 is 1.76 bits per heavy atom. The summed E-state index contributed by atoms with van der Waals surface area (Å²) in [5, 5.41) is 20.1. The van der Waals surface area contributed by atoms with Crippen molar-refractivity contribution in [1.29, 1.82) is 0 Å². The fraction of sp³-hybridized carbons (Fsp3) is 0.556. The summed E-state index contributed by atoms with van der Waals surface area (Å²) < 4.78 is 10.8. The van der Waals surface area contributed by atoms with Crippen LogP contribution in [-0.2, 0) is 9.59 Å². The molecule has 2 N–H and O–H groups in total. The number of rotatable bonds is 7. The van der Waals surface area contributed by atoms with Gasteiger partial charge in [-0.25, -0.2) is 4.79 Å². The Balaban J connectivity index is 0.00000199. The zero-order valence-electron chi connectivity index (χ0n) is 21.2. The SMILES string of the molecule is CC.COc1cc(O)c(C(CC(=O)N2C[C@H](C)C[C@H](C)C2)[C@@H]2C=CC(C(=O)O)=CC2)c(OC)c1. The molecular weight excluding hydrogens is 434 g/mol. The van der Waals surface area contributed by atoms with E-state index in [1.54, 1.807) is 18.2 Å². The minimum absolute atomic E-state index is 0.000733. The number of likely N-dealkylation sites (tertiary alicyclic amines) is 1. The first-order valence-electron chi connectivity index (χ1n) is 12.1. The van der Waals surface area contributed by atoms with Crippen molar-refractivity contribution < 1.29 is 29.3 Å². The standard InChI is InChI=1S/C25H33NO6.C2H6/c1-15-9-16(2)14-26(13-15)23(28)12-20(17-5-7-18(8-6-17)25(29)30)24-21(27)10-19(31-3)11-22(24)32-4;1-2/h5,7-8,10-11,15-17,20,27H,6,9,12-14H2,1-4H3,(H,29,30);1-2H3/t15-,16+,17-,20?;/m1./s1. The van der Waals surface area contributed by atoms with Crippen molar-refractivity contribution in [2.75, 3.05) is 27.3 Å². The Kier molecular flexibility index (Phi) is 10.0. The van der Waals surface area contributed by atoms with Crippen molar-refractivity contribution in [3.05, 3.63) is 41.5 Å². The van der Waals surface area contributed by atoms with Crippen molar-refractivity contribution in [1.82, 2.24) is 4.90 Å². The van der Waals surface area contributed by atoms with Gasteiger partial charge < -0.3 is 24.6 Å². The minimum Gasteiger partial charge on any atom is -0.507 e. The zero-order chi connectivity index (χ0) is 25.4. The Hall–Kier alpha value is -2.96. The molecule has 1 aliphatic heterocycles. The molecule has 188 valence electrons. The third kappa shape index (κ3) is 6.55. The van der Waals surface area contributed by atoms with Gasteiger partial charge in [0.25, 0.3) is 0 Å². The van der Waals surface area contributed by atoms with Crippen LogP contribution in [-0.4, -0.2) is 54.3 Å². The van der Waals surface area contributed by atoms with Crippen LogP contribution in [0, 0.1) is 17.8 Å². The number of carboxylic acids is 1. The first kappa shape index (κ1) is 27.3. The highest BCUT2D eigenvalue weighted by molar-refractivity contribution is 5.90. The third-order valence-corrected chi connectivity index (χ3v) is 6.43. The predicted octanol–water partition coefficient (Wildman–Crippen LogP) is 5.00. The van der Waals surface area contributed by atoms with E-state index in [0.717, 1.165) is 19.5 Å². The average Bonchev–Trinajstić information content (AvgIpc) is 2.82. The highest BCUT2D eigenvalue weighted by Crippen LogP contribution is 2.45. The van der Waals surface area contributed by atoms with E-state index < -0.39 is 5.97 Å². The lowest BCUT2D eigenvalue weighted by Gasteiger charge is -2.37. The first-order chi connectivity index (χ1) is 16.2. The number of aliphatic carboxylic acids is 1. The summed E-state index contributed by atoms with van der Waals surface area (Å²) in [6, 6.07) is 3.22. The summed E-state index contributed by atoms with van der Waals surface area (Å²) >= 11 is 0. The molecular formula is C27H39NO6. The monoisotopic (exact) mass is 473 g/mol. The van der Waals surface area contributed by atoms with E-state index in [0.29, 0.717) is 35.3 Å². The quantitative estimate of drug-likeness (QED) is 0.578. The molecule has 1 heterocycles. The molecule has 0 saturated carbocycles. The number of carbonyl (C=O) groups is 2. The zero-order valence-corrected chi connectivity index (χ0v) is 21.2. The van der Waals surface area contributed by atoms with Crippen molar-refractivity contribution >= 4 is 11.9 Å². The molecule has 4 atom stereocenters. The molecule has 1 unspecified atom stereocenters. The molecule has 7 nitrogen and oxygen atoms in total. The fourth-order valence-corrected chi connectivity index (χ4v) is 4.99. The van der Waals surface area contributed by atoms with E-state index in [9.17, 15) is 19.8 Å². The van der Waals surface area contributed by atoms with Crippen LogP contribution in [0.4, 0.5) is 0 Å². The lowest BCUT2D eigenvalue weighted by molar-refractivity contribution is -0.134. The second-order valence-corrected chi connectivity index (χ2v) is 9.04. The predicted molar refractivity (Wildman–Crippen MR) is 132 cm³/mol. The van der Waals surface area contributed by atoms with Gasteiger partial charge in [-0.1, -0.05) is 45.9 Å². The number of ether oxygens (including phenoxy) is 2. The van der Waals surface area contributed by atoms with Crippen molar-refractivity contribution in [2.24, 2.45) is 17.8 Å². The highest BCUT2D eigenvalue weighted by Gasteiger charge is 2.34. The van der Waals surface area contributed by atoms with Crippen LogP contribution in [0.2, 0.25) is 0 Å². The second kappa shape index (κ2) is 12.5. The van der Waals surface area contributed by atoms with E-state index in [2.05, 4.69) is 13.8 Å². The number of carbonyl (C=O) groups excluding carboxylic acids is 1. The van der Waals surface area contributed by atoms with Gasteiger partial charge in [0.15, 0.2) is 0 Å². The van der Waals surface area contributed by atoms with Crippen LogP contribution in [0.25, 0.3) is 0 Å². The van der Waals surface area contributed by atoms with Crippen LogP contribution in [0.5, 0.6) is 17.2 Å². The van der Waals surface area contributed by atoms with Gasteiger partial charge in [0.05, 0.1) is 19.8 Å². The lowest BCUT2D eigenvalue weighted by atomic mass is 9.78. The molecule has 1 saturated heterocycles. The van der Waals surface area contributed by atoms with Crippen LogP contribution < -0.4 is 9.47 Å². The number of phenols is 1. The molecule has 2 aliphatic rings. The molecule has 3 rings (SSSR count). The molecule has 0 bridgehead atoms. The number of nitrogens with zero attached hydrogens (tertiary/aromatic N) is 1. The molecule has 1 amide bonds. The maximum atomic E-state index is 13.4. The Morgan fingerprint density at radius 1 is 1.12 bits per heavy atom. The summed E-state index contributed by atoms with van der Waals surface area (Å²) in [6.45, 7) is 9.78. The largest absolute Gasteiger partial charge is 0.507 e. The second-order valence-electron chi connectivity index (χ2n) is 9.04. The third-order valence-electron chi connectivity index (χ3n) is 6.43. The van der Waals surface area contributed by atoms with E-state index in [4.69, 9.17) is 9.47 Å². The van der Waals surface area contributed by atoms with Crippen molar-refractivity contribution in [2.45, 2.75) is 52.9 Å². The van der Waals surface area contributed by atoms with Gasteiger partial charge in [-0.05, 0) is 30.6 Å².